The normalized spacial score (nSPS) is 20.4. The summed E-state index contributed by atoms with van der Waals surface area (Å²) in [4.78, 5) is 13.7. The van der Waals surface area contributed by atoms with E-state index in [1.807, 2.05) is 30.0 Å². The van der Waals surface area contributed by atoms with Gasteiger partial charge in [0.15, 0.2) is 5.78 Å². The summed E-state index contributed by atoms with van der Waals surface area (Å²) in [5.74, 6) is 2.31. The molecule has 92 valence electrons. The molecule has 0 radical (unpaired) electrons. The summed E-state index contributed by atoms with van der Waals surface area (Å²) in [6, 6.07) is 8.23. The quantitative estimate of drug-likeness (QED) is 0.831. The van der Waals surface area contributed by atoms with Crippen molar-refractivity contribution in [3.63, 3.8) is 0 Å². The van der Waals surface area contributed by atoms with Crippen LogP contribution in [0.2, 0.25) is 0 Å². The number of carbonyl (C=O) groups is 1. The standard InChI is InChI=1S/C13H18N2OS/c1-10(16)11-3-2-4-12(7-11)15-5-6-17-9-13(15)8-14/h2-4,7,13H,5-6,8-9,14H2,1H3. The molecule has 0 bridgehead atoms. The lowest BCUT2D eigenvalue weighted by Crippen LogP contribution is -2.46. The van der Waals surface area contributed by atoms with E-state index in [-0.39, 0.29) is 5.78 Å². The van der Waals surface area contributed by atoms with E-state index >= 15 is 0 Å². The Hall–Kier alpha value is -1.00. The van der Waals surface area contributed by atoms with Gasteiger partial charge >= 0.3 is 0 Å². The maximum atomic E-state index is 11.4. The van der Waals surface area contributed by atoms with Crippen LogP contribution in [-0.4, -0.2) is 36.4 Å². The van der Waals surface area contributed by atoms with E-state index in [2.05, 4.69) is 11.0 Å². The van der Waals surface area contributed by atoms with Gasteiger partial charge in [-0.3, -0.25) is 4.79 Å². The zero-order valence-electron chi connectivity index (χ0n) is 10.1. The second-order valence-electron chi connectivity index (χ2n) is 4.26. The minimum atomic E-state index is 0.113. The largest absolute Gasteiger partial charge is 0.366 e. The Morgan fingerprint density at radius 3 is 3.12 bits per heavy atom. The van der Waals surface area contributed by atoms with Crippen molar-refractivity contribution in [3.05, 3.63) is 29.8 Å². The molecule has 2 N–H and O–H groups in total. The highest BCUT2D eigenvalue weighted by atomic mass is 32.2. The van der Waals surface area contributed by atoms with Crippen LogP contribution in [0.5, 0.6) is 0 Å². The van der Waals surface area contributed by atoms with Crippen LogP contribution in [0.15, 0.2) is 24.3 Å². The van der Waals surface area contributed by atoms with Gasteiger partial charge in [-0.05, 0) is 19.1 Å². The highest BCUT2D eigenvalue weighted by Crippen LogP contribution is 2.24. The molecule has 4 heteroatoms. The summed E-state index contributed by atoms with van der Waals surface area (Å²) in [5, 5.41) is 0. The van der Waals surface area contributed by atoms with E-state index in [0.29, 0.717) is 12.6 Å². The smallest absolute Gasteiger partial charge is 0.159 e. The number of carbonyl (C=O) groups excluding carboxylic acids is 1. The molecule has 1 atom stereocenters. The fourth-order valence-electron chi connectivity index (χ4n) is 2.09. The van der Waals surface area contributed by atoms with Crippen LogP contribution >= 0.6 is 11.8 Å². The average molecular weight is 250 g/mol. The van der Waals surface area contributed by atoms with Crippen molar-refractivity contribution >= 4 is 23.2 Å². The number of hydrogen-bond donors (Lipinski definition) is 1. The number of hydrogen-bond acceptors (Lipinski definition) is 4. The highest BCUT2D eigenvalue weighted by molar-refractivity contribution is 7.99. The summed E-state index contributed by atoms with van der Waals surface area (Å²) in [6.07, 6.45) is 0. The highest BCUT2D eigenvalue weighted by Gasteiger charge is 2.21. The summed E-state index contributed by atoms with van der Waals surface area (Å²) < 4.78 is 0. The fourth-order valence-corrected chi connectivity index (χ4v) is 3.17. The Bertz CT molecular complexity index is 408. The van der Waals surface area contributed by atoms with Gasteiger partial charge < -0.3 is 10.6 Å². The molecule has 1 aliphatic heterocycles. The third kappa shape index (κ3) is 2.82. The minimum Gasteiger partial charge on any atom is -0.366 e. The van der Waals surface area contributed by atoms with Gasteiger partial charge in [-0.15, -0.1) is 0 Å². The molecule has 0 saturated carbocycles. The van der Waals surface area contributed by atoms with Crippen molar-refractivity contribution in [2.24, 2.45) is 5.73 Å². The van der Waals surface area contributed by atoms with E-state index in [1.165, 1.54) is 0 Å². The molecule has 0 aliphatic carbocycles. The van der Waals surface area contributed by atoms with Crippen molar-refractivity contribution in [2.75, 3.05) is 29.5 Å². The number of ketones is 1. The van der Waals surface area contributed by atoms with E-state index in [9.17, 15) is 4.79 Å². The van der Waals surface area contributed by atoms with Gasteiger partial charge in [-0.2, -0.15) is 11.8 Å². The van der Waals surface area contributed by atoms with E-state index in [4.69, 9.17) is 5.73 Å². The first kappa shape index (κ1) is 12.5. The lowest BCUT2D eigenvalue weighted by atomic mass is 10.1. The van der Waals surface area contributed by atoms with E-state index in [1.54, 1.807) is 6.92 Å². The average Bonchev–Trinajstić information content (AvgIpc) is 2.39. The topological polar surface area (TPSA) is 46.3 Å². The number of nitrogens with two attached hydrogens (primary N) is 1. The summed E-state index contributed by atoms with van der Waals surface area (Å²) in [6.45, 7) is 3.27. The monoisotopic (exact) mass is 250 g/mol. The predicted octanol–water partition coefficient (Wildman–Crippen LogP) is 1.77. The molecular weight excluding hydrogens is 232 g/mol. The van der Waals surface area contributed by atoms with Crippen LogP contribution in [0.1, 0.15) is 17.3 Å². The molecule has 0 aromatic heterocycles. The summed E-state index contributed by atoms with van der Waals surface area (Å²) in [5.41, 5.74) is 7.70. The van der Waals surface area contributed by atoms with Crippen molar-refractivity contribution in [2.45, 2.75) is 13.0 Å². The Labute approximate surface area is 106 Å². The van der Waals surface area contributed by atoms with Crippen LogP contribution in [0.4, 0.5) is 5.69 Å². The maximum absolute atomic E-state index is 11.4. The number of anilines is 1. The Balaban J connectivity index is 2.25. The first-order chi connectivity index (χ1) is 8.22. The molecule has 3 nitrogen and oxygen atoms in total. The molecule has 17 heavy (non-hydrogen) atoms. The van der Waals surface area contributed by atoms with Gasteiger partial charge in [0.25, 0.3) is 0 Å². The van der Waals surface area contributed by atoms with Gasteiger partial charge in [0.05, 0.1) is 6.04 Å². The molecule has 1 heterocycles. The molecule has 0 amide bonds. The van der Waals surface area contributed by atoms with E-state index < -0.39 is 0 Å². The first-order valence-corrected chi connectivity index (χ1v) is 7.03. The number of rotatable bonds is 3. The van der Waals surface area contributed by atoms with Crippen molar-refractivity contribution in [3.8, 4) is 0 Å². The zero-order chi connectivity index (χ0) is 12.3. The molecular formula is C13H18N2OS. The van der Waals surface area contributed by atoms with Gasteiger partial charge in [-0.25, -0.2) is 0 Å². The van der Waals surface area contributed by atoms with Crippen LogP contribution in [-0.2, 0) is 0 Å². The Morgan fingerprint density at radius 1 is 1.59 bits per heavy atom. The first-order valence-electron chi connectivity index (χ1n) is 5.88. The van der Waals surface area contributed by atoms with Crippen LogP contribution in [0.3, 0.4) is 0 Å². The number of thioether (sulfide) groups is 1. The molecule has 1 fully saturated rings. The van der Waals surface area contributed by atoms with Gasteiger partial charge in [0.1, 0.15) is 0 Å². The Morgan fingerprint density at radius 2 is 2.41 bits per heavy atom. The molecule has 0 spiro atoms. The molecule has 1 unspecified atom stereocenters. The lowest BCUT2D eigenvalue weighted by molar-refractivity contribution is 0.101. The minimum absolute atomic E-state index is 0.113. The molecule has 1 aliphatic rings. The second-order valence-corrected chi connectivity index (χ2v) is 5.41. The zero-order valence-corrected chi connectivity index (χ0v) is 10.9. The number of nitrogens with zero attached hydrogens (tertiary/aromatic N) is 1. The van der Waals surface area contributed by atoms with Gasteiger partial charge in [0.2, 0.25) is 0 Å². The maximum Gasteiger partial charge on any atom is 0.159 e. The molecule has 1 aromatic rings. The van der Waals surface area contributed by atoms with Crippen LogP contribution in [0.25, 0.3) is 0 Å². The molecule has 2 rings (SSSR count). The van der Waals surface area contributed by atoms with Gasteiger partial charge in [-0.1, -0.05) is 12.1 Å². The van der Waals surface area contributed by atoms with Crippen molar-refractivity contribution in [1.82, 2.24) is 0 Å². The fraction of sp³-hybridized carbons (Fsp3) is 0.462. The number of benzene rings is 1. The third-order valence-corrected chi connectivity index (χ3v) is 4.18. The van der Waals surface area contributed by atoms with Crippen LogP contribution < -0.4 is 10.6 Å². The molecule has 1 saturated heterocycles. The van der Waals surface area contributed by atoms with Crippen molar-refractivity contribution < 1.29 is 4.79 Å². The second kappa shape index (κ2) is 5.56. The summed E-state index contributed by atoms with van der Waals surface area (Å²) in [7, 11) is 0. The Kier molecular flexibility index (Phi) is 4.07. The molecule has 1 aromatic carbocycles. The lowest BCUT2D eigenvalue weighted by Gasteiger charge is -2.36. The van der Waals surface area contributed by atoms with E-state index in [0.717, 1.165) is 29.3 Å². The van der Waals surface area contributed by atoms with Crippen molar-refractivity contribution in [1.29, 1.82) is 0 Å². The summed E-state index contributed by atoms with van der Waals surface area (Å²) >= 11 is 1.95. The van der Waals surface area contributed by atoms with Gasteiger partial charge in [0, 0.05) is 35.8 Å². The third-order valence-electron chi connectivity index (χ3n) is 3.08. The number of Topliss-reactive ketones (excluding diaryl/α,β-unsaturated/α-hetero) is 1. The predicted molar refractivity (Wildman–Crippen MR) is 74.0 cm³/mol. The van der Waals surface area contributed by atoms with Crippen LogP contribution in [0, 0.1) is 0 Å². The SMILES string of the molecule is CC(=O)c1cccc(N2CCSCC2CN)c1.